The molecule has 0 aliphatic rings. The van der Waals surface area contributed by atoms with Gasteiger partial charge in [-0.1, -0.05) is 18.5 Å². The number of nitrogens with one attached hydrogen (secondary N) is 1. The number of aliphatic hydroxyl groups excluding tert-OH is 1. The van der Waals surface area contributed by atoms with Gasteiger partial charge in [-0.15, -0.1) is 0 Å². The maximum Gasteiger partial charge on any atom is 0.145 e. The van der Waals surface area contributed by atoms with Crippen molar-refractivity contribution in [2.45, 2.75) is 25.8 Å². The zero-order valence-corrected chi connectivity index (χ0v) is 10.8. The van der Waals surface area contributed by atoms with E-state index in [4.69, 9.17) is 16.7 Å². The molecule has 0 aromatic carbocycles. The number of pyridine rings is 1. The van der Waals surface area contributed by atoms with Crippen LogP contribution >= 0.6 is 27.5 Å². The molecule has 1 atom stereocenters. The Bertz CT molecular complexity index is 322. The molecule has 0 amide bonds. The maximum atomic E-state index is 8.86. The first kappa shape index (κ1) is 12.7. The Labute approximate surface area is 103 Å². The number of nitrogens with zero attached hydrogens (tertiary/aromatic N) is 1. The fraction of sp³-hybridized carbons (Fsp3) is 0.500. The van der Waals surface area contributed by atoms with Crippen LogP contribution in [0.15, 0.2) is 16.7 Å². The molecular formula is C10H14BrClN2O. The van der Waals surface area contributed by atoms with Crippen molar-refractivity contribution in [2.75, 3.05) is 11.9 Å². The second-order valence-electron chi connectivity index (χ2n) is 3.25. The van der Waals surface area contributed by atoms with Gasteiger partial charge in [-0.3, -0.25) is 0 Å². The normalized spacial score (nSPS) is 12.5. The van der Waals surface area contributed by atoms with E-state index in [9.17, 15) is 0 Å². The summed E-state index contributed by atoms with van der Waals surface area (Å²) < 4.78 is 0.855. The van der Waals surface area contributed by atoms with Crippen molar-refractivity contribution in [1.29, 1.82) is 0 Å². The zero-order valence-electron chi connectivity index (χ0n) is 8.50. The average Bonchev–Trinajstić information content (AvgIpc) is 2.21. The fourth-order valence-corrected chi connectivity index (χ4v) is 1.93. The molecule has 0 aliphatic heterocycles. The number of halogens is 2. The van der Waals surface area contributed by atoms with Crippen molar-refractivity contribution in [3.63, 3.8) is 0 Å². The smallest absolute Gasteiger partial charge is 0.145 e. The first-order chi connectivity index (χ1) is 7.17. The summed E-state index contributed by atoms with van der Waals surface area (Å²) in [7, 11) is 0. The summed E-state index contributed by atoms with van der Waals surface area (Å²) in [6.45, 7) is 2.22. The van der Waals surface area contributed by atoms with E-state index >= 15 is 0 Å². The third-order valence-electron chi connectivity index (χ3n) is 2.12. The number of hydrogen-bond donors (Lipinski definition) is 2. The van der Waals surface area contributed by atoms with E-state index < -0.39 is 0 Å². The van der Waals surface area contributed by atoms with Gasteiger partial charge < -0.3 is 10.4 Å². The van der Waals surface area contributed by atoms with Crippen LogP contribution in [-0.4, -0.2) is 22.7 Å². The molecular weight excluding hydrogens is 279 g/mol. The highest BCUT2D eigenvalue weighted by atomic mass is 79.9. The minimum Gasteiger partial charge on any atom is -0.396 e. The second-order valence-corrected chi connectivity index (χ2v) is 4.57. The molecule has 5 heteroatoms. The molecule has 15 heavy (non-hydrogen) atoms. The molecule has 1 heterocycles. The van der Waals surface area contributed by atoms with Crippen molar-refractivity contribution < 1.29 is 5.11 Å². The molecule has 3 nitrogen and oxygen atoms in total. The van der Waals surface area contributed by atoms with Gasteiger partial charge in [0.2, 0.25) is 0 Å². The van der Waals surface area contributed by atoms with E-state index in [-0.39, 0.29) is 12.6 Å². The first-order valence-corrected chi connectivity index (χ1v) is 6.03. The van der Waals surface area contributed by atoms with E-state index in [1.165, 1.54) is 0 Å². The summed E-state index contributed by atoms with van der Waals surface area (Å²) in [5.74, 6) is 0.667. The molecule has 0 saturated carbocycles. The summed E-state index contributed by atoms with van der Waals surface area (Å²) >= 11 is 9.31. The standard InChI is InChI=1S/C10H14BrClN2O/c1-2-8(3-4-15)14-10-9(12)5-7(11)6-13-10/h5-6,8,15H,2-4H2,1H3,(H,13,14). The summed E-state index contributed by atoms with van der Waals surface area (Å²) in [4.78, 5) is 4.18. The van der Waals surface area contributed by atoms with Gasteiger partial charge in [-0.25, -0.2) is 4.98 Å². The van der Waals surface area contributed by atoms with Crippen molar-refractivity contribution in [1.82, 2.24) is 4.98 Å². The lowest BCUT2D eigenvalue weighted by Gasteiger charge is -2.17. The van der Waals surface area contributed by atoms with Crippen LogP contribution < -0.4 is 5.32 Å². The molecule has 1 aromatic heterocycles. The van der Waals surface area contributed by atoms with Crippen LogP contribution in [0, 0.1) is 0 Å². The van der Waals surface area contributed by atoms with Gasteiger partial charge in [0.15, 0.2) is 0 Å². The molecule has 1 rings (SSSR count). The highest BCUT2D eigenvalue weighted by molar-refractivity contribution is 9.10. The lowest BCUT2D eigenvalue weighted by molar-refractivity contribution is 0.278. The first-order valence-electron chi connectivity index (χ1n) is 4.85. The van der Waals surface area contributed by atoms with Crippen LogP contribution in [0.25, 0.3) is 0 Å². The minimum absolute atomic E-state index is 0.166. The minimum atomic E-state index is 0.166. The van der Waals surface area contributed by atoms with Gasteiger partial charge in [0, 0.05) is 23.3 Å². The van der Waals surface area contributed by atoms with Crippen molar-refractivity contribution in [2.24, 2.45) is 0 Å². The SMILES string of the molecule is CCC(CCO)Nc1ncc(Br)cc1Cl. The predicted octanol–water partition coefficient (Wildman–Crippen LogP) is 3.07. The van der Waals surface area contributed by atoms with Gasteiger partial charge >= 0.3 is 0 Å². The van der Waals surface area contributed by atoms with Crippen LogP contribution in [-0.2, 0) is 0 Å². The molecule has 0 saturated heterocycles. The van der Waals surface area contributed by atoms with Crippen LogP contribution in [0.2, 0.25) is 5.02 Å². The predicted molar refractivity (Wildman–Crippen MR) is 66.4 cm³/mol. The Balaban J connectivity index is 2.70. The van der Waals surface area contributed by atoms with Crippen LogP contribution in [0.1, 0.15) is 19.8 Å². The summed E-state index contributed by atoms with van der Waals surface area (Å²) in [6, 6.07) is 2.00. The van der Waals surface area contributed by atoms with Crippen LogP contribution in [0.3, 0.4) is 0 Å². The molecule has 84 valence electrons. The number of rotatable bonds is 5. The number of hydrogen-bond acceptors (Lipinski definition) is 3. The van der Waals surface area contributed by atoms with E-state index in [1.54, 1.807) is 12.3 Å². The number of aliphatic hydroxyl groups is 1. The molecule has 0 fully saturated rings. The van der Waals surface area contributed by atoms with Gasteiger partial charge in [0.1, 0.15) is 5.82 Å². The van der Waals surface area contributed by atoms with Crippen LogP contribution in [0.4, 0.5) is 5.82 Å². The lowest BCUT2D eigenvalue weighted by Crippen LogP contribution is -2.20. The Hall–Kier alpha value is -0.320. The monoisotopic (exact) mass is 292 g/mol. The maximum absolute atomic E-state index is 8.86. The Morgan fingerprint density at radius 3 is 2.93 bits per heavy atom. The highest BCUT2D eigenvalue weighted by Crippen LogP contribution is 2.24. The molecule has 1 aromatic rings. The zero-order chi connectivity index (χ0) is 11.3. The summed E-state index contributed by atoms with van der Waals surface area (Å²) in [6.07, 6.45) is 3.32. The molecule has 0 aliphatic carbocycles. The van der Waals surface area contributed by atoms with E-state index in [0.29, 0.717) is 17.3 Å². The second kappa shape index (κ2) is 6.30. The summed E-state index contributed by atoms with van der Waals surface area (Å²) in [5, 5.41) is 12.6. The Kier molecular flexibility index (Phi) is 5.36. The quantitative estimate of drug-likeness (QED) is 0.877. The van der Waals surface area contributed by atoms with Crippen molar-refractivity contribution >= 4 is 33.3 Å². The van der Waals surface area contributed by atoms with E-state index in [1.807, 2.05) is 0 Å². The van der Waals surface area contributed by atoms with E-state index in [0.717, 1.165) is 10.9 Å². The van der Waals surface area contributed by atoms with Gasteiger partial charge in [-0.2, -0.15) is 0 Å². The fourth-order valence-electron chi connectivity index (χ4n) is 1.25. The van der Waals surface area contributed by atoms with Crippen molar-refractivity contribution in [3.8, 4) is 0 Å². The van der Waals surface area contributed by atoms with Crippen molar-refractivity contribution in [3.05, 3.63) is 21.8 Å². The van der Waals surface area contributed by atoms with Gasteiger partial charge in [-0.05, 0) is 34.8 Å². The Morgan fingerprint density at radius 2 is 2.40 bits per heavy atom. The molecule has 1 unspecified atom stereocenters. The van der Waals surface area contributed by atoms with Gasteiger partial charge in [0.05, 0.1) is 5.02 Å². The molecule has 0 bridgehead atoms. The number of anilines is 1. The third-order valence-corrected chi connectivity index (χ3v) is 2.84. The largest absolute Gasteiger partial charge is 0.396 e. The Morgan fingerprint density at radius 1 is 1.67 bits per heavy atom. The number of aromatic nitrogens is 1. The van der Waals surface area contributed by atoms with E-state index in [2.05, 4.69) is 33.2 Å². The van der Waals surface area contributed by atoms with Gasteiger partial charge in [0.25, 0.3) is 0 Å². The lowest BCUT2D eigenvalue weighted by atomic mass is 10.1. The average molecular weight is 294 g/mol. The topological polar surface area (TPSA) is 45.1 Å². The molecule has 0 radical (unpaired) electrons. The third kappa shape index (κ3) is 3.97. The van der Waals surface area contributed by atoms with Crippen LogP contribution in [0.5, 0.6) is 0 Å². The molecule has 2 N–H and O–H groups in total. The molecule has 0 spiro atoms. The summed E-state index contributed by atoms with van der Waals surface area (Å²) in [5.41, 5.74) is 0. The highest BCUT2D eigenvalue weighted by Gasteiger charge is 2.09.